The average Bonchev–Trinajstić information content (AvgIpc) is 2.45. The molecular weight excluding hydrogens is 279 g/mol. The van der Waals surface area contributed by atoms with E-state index >= 15 is 0 Å². The number of rotatable bonds is 5. The average molecular weight is 295 g/mol. The Labute approximate surface area is 121 Å². The van der Waals surface area contributed by atoms with Crippen LogP contribution in [0.3, 0.4) is 0 Å². The van der Waals surface area contributed by atoms with E-state index in [0.717, 1.165) is 29.5 Å². The van der Waals surface area contributed by atoms with Crippen LogP contribution < -0.4 is 10.5 Å². The zero-order valence-electron chi connectivity index (χ0n) is 11.4. The summed E-state index contributed by atoms with van der Waals surface area (Å²) >= 11 is 0. The quantitative estimate of drug-likeness (QED) is 0.899. The van der Waals surface area contributed by atoms with Crippen LogP contribution in [0.25, 0.3) is 11.1 Å². The minimum Gasteiger partial charge on any atom is -0.406 e. The number of alkyl halides is 3. The Kier molecular flexibility index (Phi) is 4.85. The van der Waals surface area contributed by atoms with Crippen LogP contribution in [0.15, 0.2) is 48.5 Å². The van der Waals surface area contributed by atoms with E-state index in [1.54, 1.807) is 12.1 Å². The third-order valence-electron chi connectivity index (χ3n) is 3.07. The predicted octanol–water partition coefficient (Wildman–Crippen LogP) is 4.14. The molecule has 0 atom stereocenters. The van der Waals surface area contributed by atoms with Crippen LogP contribution in [0.4, 0.5) is 13.2 Å². The zero-order valence-corrected chi connectivity index (χ0v) is 11.4. The molecule has 0 aliphatic heterocycles. The van der Waals surface area contributed by atoms with Gasteiger partial charge in [0, 0.05) is 0 Å². The Bertz CT molecular complexity index is 579. The lowest BCUT2D eigenvalue weighted by molar-refractivity contribution is -0.274. The number of hydrogen-bond acceptors (Lipinski definition) is 2. The highest BCUT2D eigenvalue weighted by Crippen LogP contribution is 2.28. The first kappa shape index (κ1) is 15.4. The first-order valence-corrected chi connectivity index (χ1v) is 6.64. The van der Waals surface area contributed by atoms with Crippen LogP contribution in [0.2, 0.25) is 0 Å². The molecule has 0 saturated heterocycles. The maximum Gasteiger partial charge on any atom is 0.573 e. The molecule has 2 aromatic rings. The van der Waals surface area contributed by atoms with E-state index in [9.17, 15) is 13.2 Å². The number of halogens is 3. The lowest BCUT2D eigenvalue weighted by Gasteiger charge is -2.11. The topological polar surface area (TPSA) is 35.2 Å². The molecule has 2 nitrogen and oxygen atoms in total. The van der Waals surface area contributed by atoms with Gasteiger partial charge in [-0.1, -0.05) is 36.4 Å². The molecule has 2 N–H and O–H groups in total. The molecule has 21 heavy (non-hydrogen) atoms. The molecule has 0 saturated carbocycles. The molecule has 0 aromatic heterocycles. The molecule has 0 bridgehead atoms. The minimum absolute atomic E-state index is 0.217. The predicted molar refractivity (Wildman–Crippen MR) is 75.9 cm³/mol. The summed E-state index contributed by atoms with van der Waals surface area (Å²) in [6.07, 6.45) is -2.96. The number of nitrogens with two attached hydrogens (primary N) is 1. The summed E-state index contributed by atoms with van der Waals surface area (Å²) in [5, 5.41) is 0. The maximum absolute atomic E-state index is 12.1. The summed E-state index contributed by atoms with van der Waals surface area (Å²) < 4.78 is 40.3. The number of benzene rings is 2. The van der Waals surface area contributed by atoms with Crippen molar-refractivity contribution in [1.82, 2.24) is 0 Å². The molecule has 0 amide bonds. The van der Waals surface area contributed by atoms with Crippen molar-refractivity contribution in [3.8, 4) is 16.9 Å². The van der Waals surface area contributed by atoms with Crippen molar-refractivity contribution in [2.75, 3.05) is 6.54 Å². The summed E-state index contributed by atoms with van der Waals surface area (Å²) in [6.45, 7) is 0.604. The first-order valence-electron chi connectivity index (χ1n) is 6.64. The fourth-order valence-corrected chi connectivity index (χ4v) is 2.15. The second-order valence-corrected chi connectivity index (χ2v) is 4.62. The second kappa shape index (κ2) is 6.63. The Morgan fingerprint density at radius 3 is 2.24 bits per heavy atom. The van der Waals surface area contributed by atoms with Gasteiger partial charge in [0.2, 0.25) is 0 Å². The van der Waals surface area contributed by atoms with Crippen LogP contribution in [0.5, 0.6) is 5.75 Å². The van der Waals surface area contributed by atoms with Crippen molar-refractivity contribution in [1.29, 1.82) is 0 Å². The minimum atomic E-state index is -4.67. The molecule has 2 rings (SSSR count). The van der Waals surface area contributed by atoms with Gasteiger partial charge in [0.25, 0.3) is 0 Å². The highest BCUT2D eigenvalue weighted by Gasteiger charge is 2.30. The lowest BCUT2D eigenvalue weighted by atomic mass is 9.97. The normalized spacial score (nSPS) is 11.4. The number of ether oxygens (including phenoxy) is 1. The Morgan fingerprint density at radius 2 is 1.62 bits per heavy atom. The summed E-state index contributed by atoms with van der Waals surface area (Å²) in [4.78, 5) is 0. The molecule has 0 fully saturated rings. The first-order chi connectivity index (χ1) is 9.99. The van der Waals surface area contributed by atoms with Gasteiger partial charge in [-0.15, -0.1) is 13.2 Å². The van der Waals surface area contributed by atoms with Crippen molar-refractivity contribution in [3.05, 3.63) is 54.1 Å². The van der Waals surface area contributed by atoms with Gasteiger partial charge >= 0.3 is 6.36 Å². The molecule has 5 heteroatoms. The third kappa shape index (κ3) is 4.49. The van der Waals surface area contributed by atoms with Gasteiger partial charge in [-0.3, -0.25) is 0 Å². The van der Waals surface area contributed by atoms with E-state index in [1.165, 1.54) is 12.1 Å². The Balaban J connectivity index is 2.22. The summed E-state index contributed by atoms with van der Waals surface area (Å²) in [6, 6.07) is 13.7. The molecule has 0 unspecified atom stereocenters. The molecule has 2 aromatic carbocycles. The monoisotopic (exact) mass is 295 g/mol. The molecule has 0 aliphatic carbocycles. The van der Waals surface area contributed by atoms with Crippen LogP contribution in [0, 0.1) is 0 Å². The standard InChI is InChI=1S/C16H16F3NO/c17-16(18,19)21-14-9-7-13(8-10-14)15-6-2-1-4-12(15)5-3-11-20/h1-2,4,6-10H,3,5,11,20H2. The Hall–Kier alpha value is -2.01. The summed E-state index contributed by atoms with van der Waals surface area (Å²) in [7, 11) is 0. The van der Waals surface area contributed by atoms with Crippen LogP contribution in [-0.2, 0) is 6.42 Å². The van der Waals surface area contributed by atoms with Crippen molar-refractivity contribution in [2.24, 2.45) is 5.73 Å². The van der Waals surface area contributed by atoms with Crippen LogP contribution >= 0.6 is 0 Å². The largest absolute Gasteiger partial charge is 0.573 e. The number of hydrogen-bond donors (Lipinski definition) is 1. The van der Waals surface area contributed by atoms with Crippen molar-refractivity contribution >= 4 is 0 Å². The van der Waals surface area contributed by atoms with Gasteiger partial charge in [0.15, 0.2) is 0 Å². The van der Waals surface area contributed by atoms with Crippen molar-refractivity contribution in [3.63, 3.8) is 0 Å². The van der Waals surface area contributed by atoms with Crippen LogP contribution in [-0.4, -0.2) is 12.9 Å². The van der Waals surface area contributed by atoms with Gasteiger partial charge in [0.1, 0.15) is 5.75 Å². The van der Waals surface area contributed by atoms with Crippen molar-refractivity contribution in [2.45, 2.75) is 19.2 Å². The van der Waals surface area contributed by atoms with E-state index in [2.05, 4.69) is 4.74 Å². The SMILES string of the molecule is NCCCc1ccccc1-c1ccc(OC(F)(F)F)cc1. The maximum atomic E-state index is 12.1. The molecule has 0 aliphatic rings. The molecule has 0 radical (unpaired) electrons. The van der Waals surface area contributed by atoms with Gasteiger partial charge in [0.05, 0.1) is 0 Å². The highest BCUT2D eigenvalue weighted by molar-refractivity contribution is 5.68. The van der Waals surface area contributed by atoms with Gasteiger partial charge in [-0.2, -0.15) is 0 Å². The highest BCUT2D eigenvalue weighted by atomic mass is 19.4. The molecule has 0 spiro atoms. The van der Waals surface area contributed by atoms with E-state index < -0.39 is 6.36 Å². The van der Waals surface area contributed by atoms with Gasteiger partial charge in [-0.25, -0.2) is 0 Å². The second-order valence-electron chi connectivity index (χ2n) is 4.62. The van der Waals surface area contributed by atoms with E-state index in [1.807, 2.05) is 24.3 Å². The number of aryl methyl sites for hydroxylation is 1. The van der Waals surface area contributed by atoms with Gasteiger partial charge in [-0.05, 0) is 48.2 Å². The van der Waals surface area contributed by atoms with E-state index in [0.29, 0.717) is 6.54 Å². The van der Waals surface area contributed by atoms with E-state index in [4.69, 9.17) is 5.73 Å². The molecular formula is C16H16F3NO. The summed E-state index contributed by atoms with van der Waals surface area (Å²) in [5.41, 5.74) is 8.52. The zero-order chi connectivity index (χ0) is 15.3. The smallest absolute Gasteiger partial charge is 0.406 e. The van der Waals surface area contributed by atoms with Crippen molar-refractivity contribution < 1.29 is 17.9 Å². The van der Waals surface area contributed by atoms with Crippen LogP contribution in [0.1, 0.15) is 12.0 Å². The fourth-order valence-electron chi connectivity index (χ4n) is 2.15. The third-order valence-corrected chi connectivity index (χ3v) is 3.07. The Morgan fingerprint density at radius 1 is 0.952 bits per heavy atom. The lowest BCUT2D eigenvalue weighted by Crippen LogP contribution is -2.16. The van der Waals surface area contributed by atoms with Gasteiger partial charge < -0.3 is 10.5 Å². The molecule has 0 heterocycles. The molecule has 112 valence electrons. The van der Waals surface area contributed by atoms with E-state index in [-0.39, 0.29) is 5.75 Å². The fraction of sp³-hybridized carbons (Fsp3) is 0.250. The summed E-state index contributed by atoms with van der Waals surface area (Å²) in [5.74, 6) is -0.217.